The zero-order valence-electron chi connectivity index (χ0n) is 17.5. The number of piperidine rings is 1. The lowest BCUT2D eigenvalue weighted by atomic mass is 9.94. The molecule has 0 aliphatic carbocycles. The highest BCUT2D eigenvalue weighted by molar-refractivity contribution is 5.41. The molecule has 30 heavy (non-hydrogen) atoms. The summed E-state index contributed by atoms with van der Waals surface area (Å²) in [4.78, 5) is 24.5. The van der Waals surface area contributed by atoms with Gasteiger partial charge in [-0.3, -0.25) is 14.7 Å². The van der Waals surface area contributed by atoms with Crippen molar-refractivity contribution in [2.45, 2.75) is 32.2 Å². The van der Waals surface area contributed by atoms with Gasteiger partial charge in [-0.15, -0.1) is 0 Å². The van der Waals surface area contributed by atoms with Gasteiger partial charge in [-0.05, 0) is 44.0 Å². The summed E-state index contributed by atoms with van der Waals surface area (Å²) in [6.45, 7) is 7.84. The van der Waals surface area contributed by atoms with Crippen LogP contribution in [0.2, 0.25) is 0 Å². The molecular formula is C22H30N4O4. The van der Waals surface area contributed by atoms with Crippen molar-refractivity contribution in [3.63, 3.8) is 0 Å². The molecule has 8 nitrogen and oxygen atoms in total. The lowest BCUT2D eigenvalue weighted by Crippen LogP contribution is -2.39. The van der Waals surface area contributed by atoms with Crippen molar-refractivity contribution in [2.24, 2.45) is 0 Å². The third kappa shape index (κ3) is 4.94. The summed E-state index contributed by atoms with van der Waals surface area (Å²) in [7, 11) is 0. The van der Waals surface area contributed by atoms with Gasteiger partial charge in [-0.2, -0.15) is 0 Å². The number of anilines is 1. The quantitative estimate of drug-likeness (QED) is 0.748. The fourth-order valence-corrected chi connectivity index (χ4v) is 4.22. The molecule has 0 radical (unpaired) electrons. The Morgan fingerprint density at radius 3 is 2.90 bits per heavy atom. The van der Waals surface area contributed by atoms with Crippen LogP contribution in [0, 0.1) is 0 Å². The molecule has 1 aromatic carbocycles. The fourth-order valence-electron chi connectivity index (χ4n) is 4.22. The Bertz CT molecular complexity index is 910. The Morgan fingerprint density at radius 1 is 1.27 bits per heavy atom. The van der Waals surface area contributed by atoms with Crippen molar-refractivity contribution in [1.29, 1.82) is 0 Å². The zero-order valence-corrected chi connectivity index (χ0v) is 17.5. The average molecular weight is 415 g/mol. The van der Waals surface area contributed by atoms with Crippen molar-refractivity contribution in [3.05, 3.63) is 45.9 Å². The first-order valence-corrected chi connectivity index (χ1v) is 10.7. The van der Waals surface area contributed by atoms with Gasteiger partial charge in [0.15, 0.2) is 11.5 Å². The lowest BCUT2D eigenvalue weighted by Gasteiger charge is -2.33. The molecule has 0 spiro atoms. The van der Waals surface area contributed by atoms with Gasteiger partial charge in [0.05, 0.1) is 25.5 Å². The van der Waals surface area contributed by atoms with E-state index < -0.39 is 0 Å². The predicted molar refractivity (Wildman–Crippen MR) is 114 cm³/mol. The summed E-state index contributed by atoms with van der Waals surface area (Å²) >= 11 is 0. The third-order valence-corrected chi connectivity index (χ3v) is 5.71. The van der Waals surface area contributed by atoms with Crippen LogP contribution in [0.25, 0.3) is 0 Å². The van der Waals surface area contributed by atoms with E-state index in [-0.39, 0.29) is 17.2 Å². The normalized spacial score (nSPS) is 20.3. The Labute approximate surface area is 176 Å². The molecule has 4 rings (SSSR count). The molecule has 0 amide bonds. The number of nitrogens with zero attached hydrogens (tertiary/aromatic N) is 3. The number of H-pyrrole nitrogens is 1. The van der Waals surface area contributed by atoms with E-state index in [1.807, 2.05) is 19.1 Å². The molecule has 2 fully saturated rings. The smallest absolute Gasteiger partial charge is 0.252 e. The van der Waals surface area contributed by atoms with Crippen molar-refractivity contribution in [3.8, 4) is 11.5 Å². The number of nitrogens with one attached hydrogen (secondary N) is 1. The van der Waals surface area contributed by atoms with E-state index in [1.54, 1.807) is 12.1 Å². The van der Waals surface area contributed by atoms with Crippen LogP contribution in [-0.2, 0) is 11.3 Å². The fraction of sp³-hybridized carbons (Fsp3) is 0.545. The number of ether oxygens (including phenoxy) is 2. The maximum Gasteiger partial charge on any atom is 0.252 e. The van der Waals surface area contributed by atoms with E-state index >= 15 is 0 Å². The highest BCUT2D eigenvalue weighted by Crippen LogP contribution is 2.30. The van der Waals surface area contributed by atoms with Crippen LogP contribution in [0.3, 0.4) is 0 Å². The van der Waals surface area contributed by atoms with Gasteiger partial charge in [0.2, 0.25) is 5.95 Å². The van der Waals surface area contributed by atoms with E-state index in [0.717, 1.165) is 56.8 Å². The summed E-state index contributed by atoms with van der Waals surface area (Å²) < 4.78 is 10.9. The van der Waals surface area contributed by atoms with Crippen LogP contribution in [0.15, 0.2) is 29.1 Å². The SMILES string of the molecule is CCOc1cc(CN2CCCC(c3cc(=O)[nH]c(N4CCOCC4)n3)C2)ccc1O. The number of aromatic hydroxyl groups is 1. The van der Waals surface area contributed by atoms with Crippen LogP contribution in [0.4, 0.5) is 5.95 Å². The van der Waals surface area contributed by atoms with Gasteiger partial charge < -0.3 is 19.5 Å². The Kier molecular flexibility index (Phi) is 6.54. The van der Waals surface area contributed by atoms with Crippen LogP contribution in [-0.4, -0.2) is 66.0 Å². The number of hydrogen-bond donors (Lipinski definition) is 2. The highest BCUT2D eigenvalue weighted by Gasteiger charge is 2.24. The standard InChI is InChI=1S/C22H30N4O4/c1-2-30-20-12-16(5-6-19(20)27)14-25-7-3-4-17(15-25)18-13-21(28)24-22(23-18)26-8-10-29-11-9-26/h5-6,12-13,17,27H,2-4,7-11,14-15H2,1H3,(H,23,24,28). The number of phenols is 1. The second-order valence-corrected chi connectivity index (χ2v) is 7.90. The molecule has 3 heterocycles. The van der Waals surface area contributed by atoms with E-state index in [2.05, 4.69) is 14.8 Å². The molecule has 2 aliphatic rings. The van der Waals surface area contributed by atoms with Gasteiger partial charge in [0, 0.05) is 38.2 Å². The molecule has 2 aliphatic heterocycles. The Balaban J connectivity index is 1.47. The number of benzene rings is 1. The summed E-state index contributed by atoms with van der Waals surface area (Å²) in [5.74, 6) is 1.57. The molecule has 1 atom stereocenters. The number of likely N-dealkylation sites (tertiary alicyclic amines) is 1. The number of rotatable bonds is 6. The topological polar surface area (TPSA) is 90.9 Å². The number of morpholine rings is 1. The predicted octanol–water partition coefficient (Wildman–Crippen LogP) is 2.09. The van der Waals surface area contributed by atoms with Crippen LogP contribution >= 0.6 is 0 Å². The Hall–Kier alpha value is -2.58. The zero-order chi connectivity index (χ0) is 20.9. The molecule has 0 bridgehead atoms. The minimum atomic E-state index is -0.0986. The Morgan fingerprint density at radius 2 is 2.10 bits per heavy atom. The molecule has 162 valence electrons. The first-order valence-electron chi connectivity index (χ1n) is 10.7. The van der Waals surface area contributed by atoms with Crippen molar-refractivity contribution < 1.29 is 14.6 Å². The van der Waals surface area contributed by atoms with Gasteiger partial charge in [0.1, 0.15) is 0 Å². The monoisotopic (exact) mass is 414 g/mol. The molecule has 1 aromatic heterocycles. The summed E-state index contributed by atoms with van der Waals surface area (Å²) in [5.41, 5.74) is 1.87. The van der Waals surface area contributed by atoms with Crippen LogP contribution in [0.1, 0.15) is 36.9 Å². The molecule has 2 aromatic rings. The van der Waals surface area contributed by atoms with Crippen LogP contribution in [0.5, 0.6) is 11.5 Å². The molecule has 2 N–H and O–H groups in total. The van der Waals surface area contributed by atoms with Crippen molar-refractivity contribution >= 4 is 5.95 Å². The molecule has 2 saturated heterocycles. The van der Waals surface area contributed by atoms with Crippen LogP contribution < -0.4 is 15.2 Å². The van der Waals surface area contributed by atoms with Crippen molar-refractivity contribution in [2.75, 3.05) is 50.9 Å². The third-order valence-electron chi connectivity index (χ3n) is 5.71. The molecule has 1 unspecified atom stereocenters. The number of aromatic nitrogens is 2. The minimum absolute atomic E-state index is 0.0986. The van der Waals surface area contributed by atoms with E-state index in [0.29, 0.717) is 31.5 Å². The average Bonchev–Trinajstić information content (AvgIpc) is 2.77. The first-order chi connectivity index (χ1) is 14.6. The van der Waals surface area contributed by atoms with Gasteiger partial charge in [-0.25, -0.2) is 4.98 Å². The molecular weight excluding hydrogens is 384 g/mol. The lowest BCUT2D eigenvalue weighted by molar-refractivity contribution is 0.122. The first kappa shape index (κ1) is 20.7. The largest absolute Gasteiger partial charge is 0.504 e. The number of phenolic OH excluding ortho intramolecular Hbond substituents is 1. The molecule has 8 heteroatoms. The maximum atomic E-state index is 12.3. The number of hydrogen-bond acceptors (Lipinski definition) is 7. The second kappa shape index (κ2) is 9.49. The van der Waals surface area contributed by atoms with Gasteiger partial charge in [-0.1, -0.05) is 6.07 Å². The van der Waals surface area contributed by atoms with E-state index in [1.165, 1.54) is 0 Å². The van der Waals surface area contributed by atoms with Gasteiger partial charge in [0.25, 0.3) is 5.56 Å². The summed E-state index contributed by atoms with van der Waals surface area (Å²) in [6.07, 6.45) is 2.08. The van der Waals surface area contributed by atoms with E-state index in [9.17, 15) is 9.90 Å². The summed E-state index contributed by atoms with van der Waals surface area (Å²) in [5, 5.41) is 9.93. The molecule has 0 saturated carbocycles. The second-order valence-electron chi connectivity index (χ2n) is 7.90. The summed E-state index contributed by atoms with van der Waals surface area (Å²) in [6, 6.07) is 7.18. The minimum Gasteiger partial charge on any atom is -0.504 e. The van der Waals surface area contributed by atoms with Crippen molar-refractivity contribution in [1.82, 2.24) is 14.9 Å². The maximum absolute atomic E-state index is 12.3. The van der Waals surface area contributed by atoms with E-state index in [4.69, 9.17) is 14.5 Å². The highest BCUT2D eigenvalue weighted by atomic mass is 16.5. The van der Waals surface area contributed by atoms with Gasteiger partial charge >= 0.3 is 0 Å². The number of aromatic amines is 1.